The predicted molar refractivity (Wildman–Crippen MR) is 111 cm³/mol. The number of Topliss-reactive ketones (excluding diaryl/α,β-unsaturated/α-hetero) is 1. The second-order valence-corrected chi connectivity index (χ2v) is 7.62. The van der Waals surface area contributed by atoms with Crippen molar-refractivity contribution in [3.05, 3.63) is 41.5 Å². The summed E-state index contributed by atoms with van der Waals surface area (Å²) in [6, 6.07) is 8.80. The van der Waals surface area contributed by atoms with Crippen LogP contribution in [0, 0.1) is 5.41 Å². The van der Waals surface area contributed by atoms with Crippen LogP contribution < -0.4 is 14.2 Å². The van der Waals surface area contributed by atoms with E-state index in [1.807, 2.05) is 6.07 Å². The minimum atomic E-state index is -2.75. The molecule has 6 nitrogen and oxygen atoms in total. The van der Waals surface area contributed by atoms with Gasteiger partial charge in [-0.05, 0) is 49.4 Å². The topological polar surface area (TPSA) is 71.1 Å². The van der Waals surface area contributed by atoms with Crippen molar-refractivity contribution in [3.8, 4) is 28.4 Å². The van der Waals surface area contributed by atoms with Crippen LogP contribution in [0.1, 0.15) is 46.2 Å². The standard InChI is InChI=1S/C24H26O6/c1-4-29-23(26)24(12-13-24)14-30-21-18(9-11-20(27-2)22(21)28-3)15-6-5-7-17-16(15)8-10-19(17)25/h5-7,9,11H,4,8,10,12-14H2,1-3H3/i3D3. The van der Waals surface area contributed by atoms with Gasteiger partial charge in [0.15, 0.2) is 17.3 Å². The van der Waals surface area contributed by atoms with Crippen LogP contribution in [0.2, 0.25) is 0 Å². The molecule has 158 valence electrons. The number of carbonyl (C=O) groups is 2. The Morgan fingerprint density at radius 1 is 1.07 bits per heavy atom. The molecule has 0 bridgehead atoms. The summed E-state index contributed by atoms with van der Waals surface area (Å²) >= 11 is 0. The number of hydrogen-bond acceptors (Lipinski definition) is 6. The van der Waals surface area contributed by atoms with E-state index in [0.717, 1.165) is 11.1 Å². The fraction of sp³-hybridized carbons (Fsp3) is 0.417. The molecule has 1 saturated carbocycles. The minimum absolute atomic E-state index is 0.0112. The van der Waals surface area contributed by atoms with E-state index in [0.29, 0.717) is 36.8 Å². The highest BCUT2D eigenvalue weighted by Crippen LogP contribution is 2.51. The highest BCUT2D eigenvalue weighted by Gasteiger charge is 2.52. The average Bonchev–Trinajstić information content (AvgIpc) is 3.47. The Bertz CT molecular complexity index is 1090. The summed E-state index contributed by atoms with van der Waals surface area (Å²) < 4.78 is 44.9. The minimum Gasteiger partial charge on any atom is -0.493 e. The summed E-state index contributed by atoms with van der Waals surface area (Å²) in [5.41, 5.74) is 2.10. The summed E-state index contributed by atoms with van der Waals surface area (Å²) in [5, 5.41) is 0. The lowest BCUT2D eigenvalue weighted by Gasteiger charge is -2.21. The zero-order chi connectivity index (χ0) is 23.8. The fourth-order valence-corrected chi connectivity index (χ4v) is 3.95. The van der Waals surface area contributed by atoms with E-state index in [1.54, 1.807) is 31.2 Å². The largest absolute Gasteiger partial charge is 0.493 e. The smallest absolute Gasteiger partial charge is 0.315 e. The van der Waals surface area contributed by atoms with Crippen molar-refractivity contribution < 1.29 is 32.6 Å². The molecule has 0 N–H and O–H groups in total. The molecule has 0 aromatic heterocycles. The molecule has 0 aliphatic heterocycles. The number of esters is 1. The van der Waals surface area contributed by atoms with Crippen LogP contribution in [-0.4, -0.2) is 39.1 Å². The summed E-state index contributed by atoms with van der Waals surface area (Å²) in [4.78, 5) is 24.7. The molecule has 0 atom stereocenters. The Labute approximate surface area is 180 Å². The Morgan fingerprint density at radius 2 is 1.87 bits per heavy atom. The maximum atomic E-state index is 12.4. The first kappa shape index (κ1) is 16.7. The number of ketones is 1. The average molecular weight is 413 g/mol. The molecule has 2 aliphatic rings. The van der Waals surface area contributed by atoms with Gasteiger partial charge in [0.1, 0.15) is 12.0 Å². The molecule has 0 saturated heterocycles. The molecule has 4 rings (SSSR count). The molecular formula is C24H26O6. The van der Waals surface area contributed by atoms with Gasteiger partial charge in [0.05, 0.1) is 24.9 Å². The first-order valence-electron chi connectivity index (χ1n) is 11.5. The molecule has 0 spiro atoms. The molecule has 1 fully saturated rings. The second-order valence-electron chi connectivity index (χ2n) is 7.62. The zero-order valence-electron chi connectivity index (χ0n) is 20.1. The van der Waals surface area contributed by atoms with Gasteiger partial charge in [-0.3, -0.25) is 9.59 Å². The van der Waals surface area contributed by atoms with Crippen LogP contribution in [0.4, 0.5) is 0 Å². The third kappa shape index (κ3) is 3.40. The van der Waals surface area contributed by atoms with Crippen LogP contribution in [0.15, 0.2) is 30.3 Å². The van der Waals surface area contributed by atoms with Crippen LogP contribution in [0.25, 0.3) is 11.1 Å². The van der Waals surface area contributed by atoms with E-state index < -0.39 is 12.5 Å². The number of ether oxygens (including phenoxy) is 4. The lowest BCUT2D eigenvalue weighted by atomic mass is 9.95. The van der Waals surface area contributed by atoms with Gasteiger partial charge in [0.2, 0.25) is 5.75 Å². The van der Waals surface area contributed by atoms with Gasteiger partial charge in [-0.2, -0.15) is 0 Å². The van der Waals surface area contributed by atoms with E-state index in [9.17, 15) is 9.59 Å². The molecule has 0 heterocycles. The molecule has 6 heteroatoms. The van der Waals surface area contributed by atoms with Crippen LogP contribution in [-0.2, 0) is 16.0 Å². The number of benzene rings is 2. The highest BCUT2D eigenvalue weighted by molar-refractivity contribution is 6.02. The summed E-state index contributed by atoms with van der Waals surface area (Å²) in [6.45, 7) is 2.02. The molecule has 0 unspecified atom stereocenters. The van der Waals surface area contributed by atoms with E-state index in [2.05, 4.69) is 0 Å². The molecule has 0 amide bonds. The van der Waals surface area contributed by atoms with E-state index in [1.165, 1.54) is 7.11 Å². The van der Waals surface area contributed by atoms with E-state index in [4.69, 9.17) is 23.1 Å². The van der Waals surface area contributed by atoms with Crippen LogP contribution in [0.5, 0.6) is 17.2 Å². The molecule has 2 aromatic carbocycles. The van der Waals surface area contributed by atoms with Crippen molar-refractivity contribution in [2.24, 2.45) is 5.41 Å². The van der Waals surface area contributed by atoms with Gasteiger partial charge < -0.3 is 18.9 Å². The molecule has 2 aromatic rings. The fourth-order valence-electron chi connectivity index (χ4n) is 3.95. The third-order valence-electron chi connectivity index (χ3n) is 5.82. The van der Waals surface area contributed by atoms with Crippen LogP contribution >= 0.6 is 0 Å². The monoisotopic (exact) mass is 413 g/mol. The Balaban J connectivity index is 1.81. The zero-order valence-corrected chi connectivity index (χ0v) is 17.1. The van der Waals surface area contributed by atoms with Crippen molar-refractivity contribution in [3.63, 3.8) is 0 Å². The van der Waals surface area contributed by atoms with Crippen molar-refractivity contribution >= 4 is 11.8 Å². The van der Waals surface area contributed by atoms with E-state index in [-0.39, 0.29) is 42.2 Å². The van der Waals surface area contributed by atoms with Gasteiger partial charge in [-0.25, -0.2) is 0 Å². The van der Waals surface area contributed by atoms with Crippen LogP contribution in [0.3, 0.4) is 0 Å². The summed E-state index contributed by atoms with van der Waals surface area (Å²) in [5.74, 6) is 0.0138. The summed E-state index contributed by atoms with van der Waals surface area (Å²) in [7, 11) is -1.35. The SMILES string of the molecule is [2H]C([2H])([2H])Oc1c(OC)ccc(-c2cccc3c2CCC3=O)c1OCC1(C(=O)OCC)CC1. The predicted octanol–water partition coefficient (Wildman–Crippen LogP) is 4.22. The van der Waals surface area contributed by atoms with Gasteiger partial charge in [-0.1, -0.05) is 18.2 Å². The van der Waals surface area contributed by atoms with Crippen molar-refractivity contribution in [2.75, 3.05) is 27.4 Å². The number of carbonyl (C=O) groups excluding carboxylic acids is 2. The Kier molecular flexibility index (Phi) is 4.47. The Morgan fingerprint density at radius 3 is 2.57 bits per heavy atom. The van der Waals surface area contributed by atoms with Gasteiger partial charge in [0.25, 0.3) is 0 Å². The number of hydrogen-bond donors (Lipinski definition) is 0. The number of methoxy groups -OCH3 is 2. The second kappa shape index (κ2) is 8.01. The normalized spacial score (nSPS) is 17.9. The third-order valence-corrected chi connectivity index (χ3v) is 5.82. The van der Waals surface area contributed by atoms with Crippen molar-refractivity contribution in [1.29, 1.82) is 0 Å². The summed E-state index contributed by atoms with van der Waals surface area (Å²) in [6.07, 6.45) is 2.24. The number of fused-ring (bicyclic) bond motifs is 1. The highest BCUT2D eigenvalue weighted by atomic mass is 16.5. The molecular weight excluding hydrogens is 384 g/mol. The first-order chi connectivity index (χ1) is 15.7. The van der Waals surface area contributed by atoms with Gasteiger partial charge in [-0.15, -0.1) is 0 Å². The molecule has 30 heavy (non-hydrogen) atoms. The lowest BCUT2D eigenvalue weighted by Crippen LogP contribution is -2.26. The van der Waals surface area contributed by atoms with Gasteiger partial charge >= 0.3 is 5.97 Å². The first-order valence-corrected chi connectivity index (χ1v) is 10.0. The van der Waals surface area contributed by atoms with Gasteiger partial charge in [0, 0.05) is 17.5 Å². The van der Waals surface area contributed by atoms with Crippen molar-refractivity contribution in [1.82, 2.24) is 0 Å². The van der Waals surface area contributed by atoms with Crippen molar-refractivity contribution in [2.45, 2.75) is 32.6 Å². The lowest BCUT2D eigenvalue weighted by molar-refractivity contribution is -0.150. The number of rotatable bonds is 8. The molecule has 0 radical (unpaired) electrons. The quantitative estimate of drug-likeness (QED) is 0.604. The Hall–Kier alpha value is -3.02. The maximum Gasteiger partial charge on any atom is 0.315 e. The maximum absolute atomic E-state index is 12.4. The molecule has 2 aliphatic carbocycles. The van der Waals surface area contributed by atoms with E-state index >= 15 is 0 Å².